The molecule has 3 nitrogen and oxygen atoms in total. The van der Waals surface area contributed by atoms with E-state index in [0.29, 0.717) is 5.02 Å². The molecule has 0 bridgehead atoms. The minimum absolute atomic E-state index is 0.0860. The van der Waals surface area contributed by atoms with Crippen LogP contribution in [0.1, 0.15) is 17.9 Å². The van der Waals surface area contributed by atoms with Crippen molar-refractivity contribution in [2.24, 2.45) is 0 Å². The highest BCUT2D eigenvalue weighted by atomic mass is 35.5. The van der Waals surface area contributed by atoms with Gasteiger partial charge in [0.05, 0.1) is 5.92 Å². The average molecular weight is 349 g/mol. The predicted molar refractivity (Wildman–Crippen MR) is 101 cm³/mol. The van der Waals surface area contributed by atoms with Crippen molar-refractivity contribution >= 4 is 23.2 Å². The Morgan fingerprint density at radius 3 is 2.20 bits per heavy atom. The molecular formula is C21H17ClN2O. The number of hydrogen-bond acceptors (Lipinski definition) is 2. The Morgan fingerprint density at radius 1 is 0.880 bits per heavy atom. The highest BCUT2D eigenvalue weighted by Crippen LogP contribution is 2.33. The van der Waals surface area contributed by atoms with Crippen LogP contribution in [0.3, 0.4) is 0 Å². The summed E-state index contributed by atoms with van der Waals surface area (Å²) >= 11 is 5.95. The van der Waals surface area contributed by atoms with E-state index in [9.17, 15) is 4.79 Å². The molecule has 1 aromatic heterocycles. The van der Waals surface area contributed by atoms with Crippen LogP contribution in [0.15, 0.2) is 73.1 Å². The minimum Gasteiger partial charge on any atom is -0.312 e. The van der Waals surface area contributed by atoms with Gasteiger partial charge in [-0.3, -0.25) is 9.78 Å². The molecule has 1 aliphatic heterocycles. The van der Waals surface area contributed by atoms with Crippen LogP contribution in [-0.4, -0.2) is 17.4 Å². The fourth-order valence-electron chi connectivity index (χ4n) is 3.32. The van der Waals surface area contributed by atoms with Gasteiger partial charge in [0, 0.05) is 29.6 Å². The Kier molecular flexibility index (Phi) is 4.24. The molecule has 3 aromatic rings. The monoisotopic (exact) mass is 348 g/mol. The van der Waals surface area contributed by atoms with Crippen molar-refractivity contribution in [2.45, 2.75) is 12.3 Å². The van der Waals surface area contributed by atoms with Crippen molar-refractivity contribution < 1.29 is 4.79 Å². The van der Waals surface area contributed by atoms with Crippen LogP contribution < -0.4 is 4.90 Å². The second-order valence-electron chi connectivity index (χ2n) is 6.17. The predicted octanol–water partition coefficient (Wildman–Crippen LogP) is 4.92. The van der Waals surface area contributed by atoms with E-state index in [2.05, 4.69) is 4.98 Å². The topological polar surface area (TPSA) is 33.2 Å². The third-order valence-electron chi connectivity index (χ3n) is 4.67. The molecule has 1 unspecified atom stereocenters. The molecule has 1 amide bonds. The lowest BCUT2D eigenvalue weighted by atomic mass is 9.98. The van der Waals surface area contributed by atoms with Crippen LogP contribution in [-0.2, 0) is 4.79 Å². The van der Waals surface area contributed by atoms with Crippen LogP contribution in [0.5, 0.6) is 0 Å². The fraction of sp³-hybridized carbons (Fsp3) is 0.143. The third-order valence-corrected chi connectivity index (χ3v) is 4.92. The molecule has 0 aliphatic carbocycles. The molecule has 0 spiro atoms. The Hall–Kier alpha value is -2.65. The van der Waals surface area contributed by atoms with E-state index in [4.69, 9.17) is 11.6 Å². The van der Waals surface area contributed by atoms with E-state index in [-0.39, 0.29) is 11.8 Å². The van der Waals surface area contributed by atoms with Gasteiger partial charge in [0.25, 0.3) is 0 Å². The molecule has 0 saturated carbocycles. The molecule has 4 heteroatoms. The SMILES string of the molecule is O=C1C(c2ccc(Cl)cc2)CCN1c1ccc(-c2ccncc2)cc1. The summed E-state index contributed by atoms with van der Waals surface area (Å²) in [5.41, 5.74) is 4.21. The molecule has 1 saturated heterocycles. The van der Waals surface area contributed by atoms with Gasteiger partial charge in [-0.05, 0) is 59.5 Å². The van der Waals surface area contributed by atoms with Gasteiger partial charge in [0.15, 0.2) is 0 Å². The van der Waals surface area contributed by atoms with Crippen molar-refractivity contribution in [3.63, 3.8) is 0 Å². The van der Waals surface area contributed by atoms with Crippen molar-refractivity contribution in [1.82, 2.24) is 4.98 Å². The second kappa shape index (κ2) is 6.69. The van der Waals surface area contributed by atoms with E-state index >= 15 is 0 Å². The van der Waals surface area contributed by atoms with Crippen molar-refractivity contribution in [1.29, 1.82) is 0 Å². The van der Waals surface area contributed by atoms with Crippen LogP contribution in [0.25, 0.3) is 11.1 Å². The molecule has 1 atom stereocenters. The first-order valence-electron chi connectivity index (χ1n) is 8.30. The van der Waals surface area contributed by atoms with Crippen molar-refractivity contribution in [3.05, 3.63) is 83.6 Å². The van der Waals surface area contributed by atoms with E-state index in [0.717, 1.165) is 35.3 Å². The number of hydrogen-bond donors (Lipinski definition) is 0. The minimum atomic E-state index is -0.0860. The van der Waals surface area contributed by atoms with Gasteiger partial charge in [-0.2, -0.15) is 0 Å². The van der Waals surface area contributed by atoms with E-state index in [1.165, 1.54) is 0 Å². The Labute approximate surface area is 151 Å². The van der Waals surface area contributed by atoms with Crippen LogP contribution in [0, 0.1) is 0 Å². The number of benzene rings is 2. The number of carbonyl (C=O) groups is 1. The van der Waals surface area contributed by atoms with E-state index in [1.807, 2.05) is 65.6 Å². The Morgan fingerprint density at radius 2 is 1.52 bits per heavy atom. The number of halogens is 1. The zero-order valence-electron chi connectivity index (χ0n) is 13.6. The van der Waals surface area contributed by atoms with Crippen LogP contribution >= 0.6 is 11.6 Å². The molecular weight excluding hydrogens is 332 g/mol. The first-order valence-corrected chi connectivity index (χ1v) is 8.67. The van der Waals surface area contributed by atoms with Crippen LogP contribution in [0.4, 0.5) is 5.69 Å². The number of carbonyl (C=O) groups excluding carboxylic acids is 1. The van der Waals surface area contributed by atoms with Crippen LogP contribution in [0.2, 0.25) is 5.02 Å². The lowest BCUT2D eigenvalue weighted by Gasteiger charge is -2.17. The van der Waals surface area contributed by atoms with Gasteiger partial charge < -0.3 is 4.90 Å². The molecule has 1 aliphatic rings. The molecule has 124 valence electrons. The summed E-state index contributed by atoms with van der Waals surface area (Å²) < 4.78 is 0. The number of anilines is 1. The summed E-state index contributed by atoms with van der Waals surface area (Å²) in [5, 5.41) is 0.692. The molecule has 2 heterocycles. The second-order valence-corrected chi connectivity index (χ2v) is 6.60. The lowest BCUT2D eigenvalue weighted by Crippen LogP contribution is -2.26. The summed E-state index contributed by atoms with van der Waals surface area (Å²) in [6.45, 7) is 0.737. The largest absolute Gasteiger partial charge is 0.312 e. The molecule has 25 heavy (non-hydrogen) atoms. The number of pyridine rings is 1. The number of aromatic nitrogens is 1. The summed E-state index contributed by atoms with van der Waals surface area (Å²) in [6.07, 6.45) is 4.39. The van der Waals surface area contributed by atoms with Crippen molar-refractivity contribution in [3.8, 4) is 11.1 Å². The van der Waals surface area contributed by atoms with Gasteiger partial charge >= 0.3 is 0 Å². The summed E-state index contributed by atoms with van der Waals surface area (Å²) in [6, 6.07) is 19.7. The average Bonchev–Trinajstić information content (AvgIpc) is 3.05. The normalized spacial score (nSPS) is 17.1. The first-order chi connectivity index (χ1) is 12.2. The number of nitrogens with zero attached hydrogens (tertiary/aromatic N) is 2. The van der Waals surface area contributed by atoms with Gasteiger partial charge in [-0.1, -0.05) is 35.9 Å². The van der Waals surface area contributed by atoms with Crippen molar-refractivity contribution in [2.75, 3.05) is 11.4 Å². The summed E-state index contributed by atoms with van der Waals surface area (Å²) in [7, 11) is 0. The summed E-state index contributed by atoms with van der Waals surface area (Å²) in [4.78, 5) is 18.7. The highest BCUT2D eigenvalue weighted by molar-refractivity contribution is 6.30. The molecule has 2 aromatic carbocycles. The quantitative estimate of drug-likeness (QED) is 0.673. The maximum absolute atomic E-state index is 12.8. The number of amides is 1. The van der Waals surface area contributed by atoms with Gasteiger partial charge in [-0.15, -0.1) is 0 Å². The maximum Gasteiger partial charge on any atom is 0.234 e. The Bertz CT molecular complexity index is 876. The summed E-state index contributed by atoms with van der Waals surface area (Å²) in [5.74, 6) is 0.0659. The molecule has 4 rings (SSSR count). The van der Waals surface area contributed by atoms with Gasteiger partial charge in [-0.25, -0.2) is 0 Å². The lowest BCUT2D eigenvalue weighted by molar-refractivity contribution is -0.118. The zero-order valence-corrected chi connectivity index (χ0v) is 14.4. The molecule has 1 fully saturated rings. The number of rotatable bonds is 3. The van der Waals surface area contributed by atoms with E-state index < -0.39 is 0 Å². The first kappa shape index (κ1) is 15.9. The van der Waals surface area contributed by atoms with E-state index in [1.54, 1.807) is 12.4 Å². The fourth-order valence-corrected chi connectivity index (χ4v) is 3.44. The smallest absolute Gasteiger partial charge is 0.234 e. The van der Waals surface area contributed by atoms with Gasteiger partial charge in [0.2, 0.25) is 5.91 Å². The van der Waals surface area contributed by atoms with Gasteiger partial charge in [0.1, 0.15) is 0 Å². The Balaban J connectivity index is 1.54. The molecule has 0 radical (unpaired) electrons. The third kappa shape index (κ3) is 3.15. The zero-order chi connectivity index (χ0) is 17.2. The molecule has 0 N–H and O–H groups in total. The maximum atomic E-state index is 12.8. The highest BCUT2D eigenvalue weighted by Gasteiger charge is 2.33. The standard InChI is InChI=1S/C21H17ClN2O/c22-18-5-1-17(2-6-18)20-11-14-24(21(20)25)19-7-3-15(4-8-19)16-9-12-23-13-10-16/h1-10,12-13,20H,11,14H2.